The lowest BCUT2D eigenvalue weighted by atomic mass is 9.92. The van der Waals surface area contributed by atoms with E-state index < -0.39 is 0 Å². The van der Waals surface area contributed by atoms with Crippen LogP contribution in [-0.2, 0) is 12.5 Å². The minimum Gasteiger partial charge on any atom is -0.486 e. The molecule has 0 saturated heterocycles. The molecule has 0 bridgehead atoms. The molecule has 0 fully saturated rings. The van der Waals surface area contributed by atoms with Crippen molar-refractivity contribution in [1.29, 1.82) is 0 Å². The Labute approximate surface area is 148 Å². The van der Waals surface area contributed by atoms with Crippen molar-refractivity contribution in [3.63, 3.8) is 0 Å². The van der Waals surface area contributed by atoms with E-state index >= 15 is 0 Å². The third-order valence-electron chi connectivity index (χ3n) is 4.26. The Bertz CT molecular complexity index is 776. The Hall–Kier alpha value is -2.50. The lowest BCUT2D eigenvalue weighted by molar-refractivity contribution is 0.0514. The summed E-state index contributed by atoms with van der Waals surface area (Å²) in [5.41, 5.74) is 1.38. The number of ether oxygens (including phenoxy) is 2. The lowest BCUT2D eigenvalue weighted by Crippen LogP contribution is -2.42. The maximum atomic E-state index is 12.8. The summed E-state index contributed by atoms with van der Waals surface area (Å²) in [6, 6.07) is 9.44. The van der Waals surface area contributed by atoms with Gasteiger partial charge in [0.2, 0.25) is 0 Å². The number of hydrogen-bond acceptors (Lipinski definition) is 4. The van der Waals surface area contributed by atoms with Crippen molar-refractivity contribution in [2.24, 2.45) is 7.05 Å². The van der Waals surface area contributed by atoms with Crippen LogP contribution in [0.1, 0.15) is 37.0 Å². The van der Waals surface area contributed by atoms with Gasteiger partial charge in [0.1, 0.15) is 12.3 Å². The molecule has 134 valence electrons. The molecule has 6 nitrogen and oxygen atoms in total. The van der Waals surface area contributed by atoms with Crippen LogP contribution in [0.25, 0.3) is 0 Å². The number of amides is 1. The van der Waals surface area contributed by atoms with Crippen LogP contribution in [0, 0.1) is 0 Å². The van der Waals surface area contributed by atoms with E-state index in [0.29, 0.717) is 18.8 Å². The Morgan fingerprint density at radius 3 is 2.64 bits per heavy atom. The molecule has 1 unspecified atom stereocenters. The van der Waals surface area contributed by atoms with E-state index in [4.69, 9.17) is 9.47 Å². The minimum atomic E-state index is -0.195. The number of aryl methyl sites for hydroxylation is 1. The van der Waals surface area contributed by atoms with Crippen LogP contribution in [0.5, 0.6) is 11.5 Å². The molecule has 1 amide bonds. The second-order valence-electron chi connectivity index (χ2n) is 7.47. The molecule has 0 aliphatic carbocycles. The van der Waals surface area contributed by atoms with Gasteiger partial charge in [-0.15, -0.1) is 0 Å². The standard InChI is InChI=1S/C19H25N3O3/c1-19(2,3)17-10-14(22(5)20-17)18(23)21(4)11-13-12-24-15-8-6-7-9-16(15)25-13/h6-10,13H,11-12H2,1-5H3. The van der Waals surface area contributed by atoms with Crippen molar-refractivity contribution in [1.82, 2.24) is 14.7 Å². The number of para-hydroxylation sites is 2. The average Bonchev–Trinajstić information content (AvgIpc) is 2.96. The summed E-state index contributed by atoms with van der Waals surface area (Å²) in [6.45, 7) is 7.12. The van der Waals surface area contributed by atoms with Gasteiger partial charge in [-0.1, -0.05) is 32.9 Å². The fraction of sp³-hybridized carbons (Fsp3) is 0.474. The second kappa shape index (κ2) is 6.43. The molecule has 0 saturated carbocycles. The molecule has 1 aliphatic rings. The fourth-order valence-corrected chi connectivity index (χ4v) is 2.77. The van der Waals surface area contributed by atoms with Gasteiger partial charge in [-0.05, 0) is 18.2 Å². The topological polar surface area (TPSA) is 56.6 Å². The van der Waals surface area contributed by atoms with Crippen molar-refractivity contribution < 1.29 is 14.3 Å². The summed E-state index contributed by atoms with van der Waals surface area (Å²) in [5, 5.41) is 4.48. The van der Waals surface area contributed by atoms with Crippen LogP contribution in [0.3, 0.4) is 0 Å². The lowest BCUT2D eigenvalue weighted by Gasteiger charge is -2.29. The third-order valence-corrected chi connectivity index (χ3v) is 4.26. The molecule has 25 heavy (non-hydrogen) atoms. The molecule has 0 radical (unpaired) electrons. The summed E-state index contributed by atoms with van der Waals surface area (Å²) in [7, 11) is 3.57. The number of fused-ring (bicyclic) bond motifs is 1. The maximum Gasteiger partial charge on any atom is 0.271 e. The predicted molar refractivity (Wildman–Crippen MR) is 95.2 cm³/mol. The minimum absolute atomic E-state index is 0.0760. The van der Waals surface area contributed by atoms with Gasteiger partial charge in [-0.25, -0.2) is 0 Å². The van der Waals surface area contributed by atoms with E-state index in [0.717, 1.165) is 17.2 Å². The highest BCUT2D eigenvalue weighted by molar-refractivity contribution is 5.92. The fourth-order valence-electron chi connectivity index (χ4n) is 2.77. The van der Waals surface area contributed by atoms with Crippen molar-refractivity contribution in [2.75, 3.05) is 20.2 Å². The van der Waals surface area contributed by atoms with Crippen LogP contribution < -0.4 is 9.47 Å². The van der Waals surface area contributed by atoms with Crippen molar-refractivity contribution >= 4 is 5.91 Å². The molecule has 1 atom stereocenters. The summed E-state index contributed by atoms with van der Waals surface area (Å²) in [5.74, 6) is 1.39. The number of nitrogens with zero attached hydrogens (tertiary/aromatic N) is 3. The number of likely N-dealkylation sites (N-methyl/N-ethyl adjacent to an activating group) is 1. The maximum absolute atomic E-state index is 12.8. The molecule has 6 heteroatoms. The van der Waals surface area contributed by atoms with E-state index in [1.54, 1.807) is 23.7 Å². The predicted octanol–water partition coefficient (Wildman–Crippen LogP) is 2.63. The first-order chi connectivity index (χ1) is 11.8. The van der Waals surface area contributed by atoms with Crippen LogP contribution in [-0.4, -0.2) is 46.9 Å². The Morgan fingerprint density at radius 2 is 2.00 bits per heavy atom. The number of hydrogen-bond donors (Lipinski definition) is 0. The number of carbonyl (C=O) groups excluding carboxylic acids is 1. The average molecular weight is 343 g/mol. The summed E-state index contributed by atoms with van der Waals surface area (Å²) < 4.78 is 13.3. The summed E-state index contributed by atoms with van der Waals surface area (Å²) in [6.07, 6.45) is -0.195. The molecule has 2 aromatic rings. The molecule has 1 aromatic heterocycles. The summed E-state index contributed by atoms with van der Waals surface area (Å²) >= 11 is 0. The molecule has 1 aliphatic heterocycles. The normalized spacial score (nSPS) is 16.6. The van der Waals surface area contributed by atoms with Crippen molar-refractivity contribution in [2.45, 2.75) is 32.3 Å². The van der Waals surface area contributed by atoms with E-state index in [1.165, 1.54) is 0 Å². The molecular formula is C19H25N3O3. The molecule has 2 heterocycles. The van der Waals surface area contributed by atoms with Gasteiger partial charge in [-0.3, -0.25) is 9.48 Å². The molecule has 1 aromatic carbocycles. The monoisotopic (exact) mass is 343 g/mol. The largest absolute Gasteiger partial charge is 0.486 e. The van der Waals surface area contributed by atoms with Gasteiger partial charge in [0.15, 0.2) is 17.6 Å². The zero-order valence-electron chi connectivity index (χ0n) is 15.4. The molecule has 3 rings (SSSR count). The second-order valence-corrected chi connectivity index (χ2v) is 7.47. The third kappa shape index (κ3) is 3.62. The first kappa shape index (κ1) is 17.3. The van der Waals surface area contributed by atoms with Crippen LogP contribution in [0.4, 0.5) is 0 Å². The van der Waals surface area contributed by atoms with Gasteiger partial charge < -0.3 is 14.4 Å². The van der Waals surface area contributed by atoms with Gasteiger partial charge in [0.25, 0.3) is 5.91 Å². The van der Waals surface area contributed by atoms with E-state index in [-0.39, 0.29) is 17.4 Å². The SMILES string of the molecule is CN(CC1COc2ccccc2O1)C(=O)c1cc(C(C)(C)C)nn1C. The zero-order valence-corrected chi connectivity index (χ0v) is 15.4. The first-order valence-corrected chi connectivity index (χ1v) is 8.44. The van der Waals surface area contributed by atoms with Gasteiger partial charge in [0.05, 0.1) is 12.2 Å². The Balaban J connectivity index is 1.69. The van der Waals surface area contributed by atoms with Gasteiger partial charge in [0, 0.05) is 19.5 Å². The highest BCUT2D eigenvalue weighted by Crippen LogP contribution is 2.31. The van der Waals surface area contributed by atoms with Gasteiger partial charge in [-0.2, -0.15) is 5.10 Å². The van der Waals surface area contributed by atoms with Crippen molar-refractivity contribution in [3.8, 4) is 11.5 Å². The quantitative estimate of drug-likeness (QED) is 0.860. The molecular weight excluding hydrogens is 318 g/mol. The highest BCUT2D eigenvalue weighted by atomic mass is 16.6. The van der Waals surface area contributed by atoms with Crippen molar-refractivity contribution in [3.05, 3.63) is 41.7 Å². The van der Waals surface area contributed by atoms with E-state index in [9.17, 15) is 4.79 Å². The zero-order chi connectivity index (χ0) is 18.2. The van der Waals surface area contributed by atoms with Gasteiger partial charge >= 0.3 is 0 Å². The van der Waals surface area contributed by atoms with Crippen LogP contribution >= 0.6 is 0 Å². The highest BCUT2D eigenvalue weighted by Gasteiger charge is 2.27. The van der Waals surface area contributed by atoms with E-state index in [2.05, 4.69) is 25.9 Å². The molecule has 0 spiro atoms. The molecule has 0 N–H and O–H groups in total. The van der Waals surface area contributed by atoms with Crippen LogP contribution in [0.2, 0.25) is 0 Å². The number of rotatable bonds is 3. The van der Waals surface area contributed by atoms with E-state index in [1.807, 2.05) is 30.3 Å². The Kier molecular flexibility index (Phi) is 4.45. The summed E-state index contributed by atoms with van der Waals surface area (Å²) in [4.78, 5) is 14.5. The number of aromatic nitrogens is 2. The Morgan fingerprint density at radius 1 is 1.32 bits per heavy atom. The first-order valence-electron chi connectivity index (χ1n) is 8.44. The van der Waals surface area contributed by atoms with Crippen LogP contribution in [0.15, 0.2) is 30.3 Å². The number of carbonyl (C=O) groups is 1. The smallest absolute Gasteiger partial charge is 0.271 e. The number of benzene rings is 1.